The molecule has 3 aromatic carbocycles. The fraction of sp³-hybridized carbons (Fsp3) is 0.0417. The molecule has 1 aromatic heterocycles. The van der Waals surface area contributed by atoms with E-state index in [9.17, 15) is 14.9 Å². The van der Waals surface area contributed by atoms with Crippen molar-refractivity contribution >= 4 is 28.7 Å². The molecular weight excluding hydrogens is 392 g/mol. The maximum Gasteiger partial charge on any atom is 0.278 e. The van der Waals surface area contributed by atoms with Crippen molar-refractivity contribution in [3.05, 3.63) is 106 Å². The van der Waals surface area contributed by atoms with Crippen LogP contribution < -0.4 is 5.43 Å². The quantitative estimate of drug-likeness (QED) is 0.288. The van der Waals surface area contributed by atoms with Gasteiger partial charge in [-0.2, -0.15) is 5.10 Å². The molecule has 1 amide bonds. The molecule has 1 N–H and O–H groups in total. The van der Waals surface area contributed by atoms with Gasteiger partial charge >= 0.3 is 0 Å². The number of amides is 1. The lowest BCUT2D eigenvalue weighted by Crippen LogP contribution is -2.18. The summed E-state index contributed by atoms with van der Waals surface area (Å²) >= 11 is 0. The van der Waals surface area contributed by atoms with Crippen LogP contribution in [0.25, 0.3) is 22.2 Å². The topological polar surface area (TPSA) is 97.5 Å². The number of nitro benzene ring substituents is 1. The minimum absolute atomic E-state index is 0.0866. The number of nitro groups is 1. The molecule has 31 heavy (non-hydrogen) atoms. The molecule has 0 saturated heterocycles. The smallest absolute Gasteiger partial charge is 0.267 e. The van der Waals surface area contributed by atoms with Gasteiger partial charge in [0, 0.05) is 17.0 Å². The monoisotopic (exact) mass is 410 g/mol. The highest BCUT2D eigenvalue weighted by molar-refractivity contribution is 6.07. The van der Waals surface area contributed by atoms with Crippen LogP contribution in [0.2, 0.25) is 0 Å². The molecular formula is C24H18N4O3. The van der Waals surface area contributed by atoms with E-state index in [1.807, 2.05) is 55.5 Å². The summed E-state index contributed by atoms with van der Waals surface area (Å²) in [5.41, 5.74) is 6.49. The average molecular weight is 410 g/mol. The lowest BCUT2D eigenvalue weighted by atomic mass is 10.0. The molecule has 4 rings (SSSR count). The second-order valence-electron chi connectivity index (χ2n) is 6.95. The molecule has 0 saturated carbocycles. The fourth-order valence-electron chi connectivity index (χ4n) is 3.22. The van der Waals surface area contributed by atoms with Crippen LogP contribution in [-0.4, -0.2) is 22.0 Å². The Morgan fingerprint density at radius 2 is 1.74 bits per heavy atom. The molecule has 0 bridgehead atoms. The summed E-state index contributed by atoms with van der Waals surface area (Å²) in [5.74, 6) is -0.429. The SMILES string of the molecule is Cc1ccc(-c2cc(C(=O)N/N=C\c3ccccc3[N+](=O)[O-])c3ccccc3n2)cc1. The van der Waals surface area contributed by atoms with Crippen molar-refractivity contribution in [2.75, 3.05) is 0 Å². The van der Waals surface area contributed by atoms with Gasteiger partial charge in [-0.15, -0.1) is 0 Å². The Morgan fingerprint density at radius 1 is 1.03 bits per heavy atom. The van der Waals surface area contributed by atoms with Crippen molar-refractivity contribution in [2.45, 2.75) is 6.92 Å². The zero-order chi connectivity index (χ0) is 21.8. The molecule has 7 heteroatoms. The first-order chi connectivity index (χ1) is 15.0. The van der Waals surface area contributed by atoms with Crippen molar-refractivity contribution in [3.63, 3.8) is 0 Å². The minimum atomic E-state index is -0.493. The van der Waals surface area contributed by atoms with Crippen LogP contribution in [0.5, 0.6) is 0 Å². The molecule has 0 spiro atoms. The highest BCUT2D eigenvalue weighted by Crippen LogP contribution is 2.25. The van der Waals surface area contributed by atoms with E-state index >= 15 is 0 Å². The van der Waals surface area contributed by atoms with Gasteiger partial charge in [0.25, 0.3) is 11.6 Å². The first-order valence-electron chi connectivity index (χ1n) is 9.56. The third-order valence-electron chi connectivity index (χ3n) is 4.81. The van der Waals surface area contributed by atoms with Crippen LogP contribution in [0.4, 0.5) is 5.69 Å². The second kappa shape index (κ2) is 8.54. The summed E-state index contributed by atoms with van der Waals surface area (Å²) in [6, 6.07) is 23.2. The van der Waals surface area contributed by atoms with E-state index in [0.717, 1.165) is 11.1 Å². The van der Waals surface area contributed by atoms with Gasteiger partial charge in [-0.05, 0) is 25.1 Å². The van der Waals surface area contributed by atoms with E-state index in [1.165, 1.54) is 12.3 Å². The van der Waals surface area contributed by atoms with E-state index in [4.69, 9.17) is 0 Å². The van der Waals surface area contributed by atoms with Crippen LogP contribution in [0.15, 0.2) is 84.0 Å². The third-order valence-corrected chi connectivity index (χ3v) is 4.81. The molecule has 0 unspecified atom stereocenters. The number of nitrogens with one attached hydrogen (secondary N) is 1. The summed E-state index contributed by atoms with van der Waals surface area (Å²) in [6.45, 7) is 2.01. The number of hydrogen-bond acceptors (Lipinski definition) is 5. The number of aryl methyl sites for hydroxylation is 1. The second-order valence-corrected chi connectivity index (χ2v) is 6.95. The van der Waals surface area contributed by atoms with Gasteiger partial charge in [-0.3, -0.25) is 14.9 Å². The van der Waals surface area contributed by atoms with Crippen LogP contribution in [0, 0.1) is 17.0 Å². The van der Waals surface area contributed by atoms with Crippen molar-refractivity contribution in [1.29, 1.82) is 0 Å². The summed E-state index contributed by atoms with van der Waals surface area (Å²) in [5, 5.41) is 15.8. The highest BCUT2D eigenvalue weighted by atomic mass is 16.6. The van der Waals surface area contributed by atoms with E-state index in [2.05, 4.69) is 15.5 Å². The number of hydrazone groups is 1. The Bertz CT molecular complexity index is 1310. The largest absolute Gasteiger partial charge is 0.278 e. The van der Waals surface area contributed by atoms with Crippen molar-refractivity contribution in [1.82, 2.24) is 10.4 Å². The highest BCUT2D eigenvalue weighted by Gasteiger charge is 2.14. The molecule has 0 atom stereocenters. The number of benzene rings is 3. The van der Waals surface area contributed by atoms with Gasteiger partial charge in [-0.25, -0.2) is 10.4 Å². The Labute approximate surface area is 178 Å². The average Bonchev–Trinajstić information content (AvgIpc) is 2.79. The standard InChI is InChI=1S/C24H18N4O3/c1-16-10-12-17(13-11-16)22-14-20(19-7-3-4-8-21(19)26-22)24(29)27-25-15-18-6-2-5-9-23(18)28(30)31/h2-15H,1H3,(H,27,29)/b25-15-. The van der Waals surface area contributed by atoms with Crippen molar-refractivity contribution < 1.29 is 9.72 Å². The minimum Gasteiger partial charge on any atom is -0.267 e. The number of hydrogen-bond donors (Lipinski definition) is 1. The predicted octanol–water partition coefficient (Wildman–Crippen LogP) is 4.88. The molecule has 7 nitrogen and oxygen atoms in total. The predicted molar refractivity (Wildman–Crippen MR) is 120 cm³/mol. The van der Waals surface area contributed by atoms with Crippen LogP contribution >= 0.6 is 0 Å². The zero-order valence-corrected chi connectivity index (χ0v) is 16.6. The maximum atomic E-state index is 12.9. The van der Waals surface area contributed by atoms with Gasteiger partial charge in [-0.1, -0.05) is 60.2 Å². The Balaban J connectivity index is 1.67. The van der Waals surface area contributed by atoms with Crippen LogP contribution in [0.3, 0.4) is 0 Å². The number of fused-ring (bicyclic) bond motifs is 1. The molecule has 0 fully saturated rings. The van der Waals surface area contributed by atoms with E-state index in [1.54, 1.807) is 24.3 Å². The van der Waals surface area contributed by atoms with Crippen molar-refractivity contribution in [2.24, 2.45) is 5.10 Å². The lowest BCUT2D eigenvalue weighted by molar-refractivity contribution is -0.385. The number of carbonyl (C=O) groups is 1. The van der Waals surface area contributed by atoms with Gasteiger partial charge in [0.05, 0.1) is 33.5 Å². The number of aromatic nitrogens is 1. The third kappa shape index (κ3) is 4.30. The molecule has 0 aliphatic carbocycles. The molecule has 1 heterocycles. The number of nitrogens with zero attached hydrogens (tertiary/aromatic N) is 3. The summed E-state index contributed by atoms with van der Waals surface area (Å²) in [7, 11) is 0. The van der Waals surface area contributed by atoms with Gasteiger partial charge in [0.1, 0.15) is 0 Å². The maximum absolute atomic E-state index is 12.9. The Kier molecular flexibility index (Phi) is 5.49. The number of pyridine rings is 1. The molecule has 0 aliphatic rings. The molecule has 4 aromatic rings. The van der Waals surface area contributed by atoms with Gasteiger partial charge in [0.2, 0.25) is 0 Å². The van der Waals surface area contributed by atoms with E-state index in [0.29, 0.717) is 27.7 Å². The lowest BCUT2D eigenvalue weighted by Gasteiger charge is -2.09. The Morgan fingerprint density at radius 3 is 2.52 bits per heavy atom. The number of carbonyl (C=O) groups excluding carboxylic acids is 1. The first kappa shape index (κ1) is 19.9. The summed E-state index contributed by atoms with van der Waals surface area (Å²) in [6.07, 6.45) is 1.26. The molecule has 152 valence electrons. The summed E-state index contributed by atoms with van der Waals surface area (Å²) in [4.78, 5) is 28.2. The first-order valence-corrected chi connectivity index (χ1v) is 9.56. The van der Waals surface area contributed by atoms with E-state index in [-0.39, 0.29) is 5.69 Å². The summed E-state index contributed by atoms with van der Waals surface area (Å²) < 4.78 is 0. The van der Waals surface area contributed by atoms with Gasteiger partial charge < -0.3 is 0 Å². The number of para-hydroxylation sites is 2. The van der Waals surface area contributed by atoms with Gasteiger partial charge in [0.15, 0.2) is 0 Å². The van der Waals surface area contributed by atoms with Crippen LogP contribution in [-0.2, 0) is 0 Å². The van der Waals surface area contributed by atoms with E-state index < -0.39 is 10.8 Å². The normalized spacial score (nSPS) is 11.0. The fourth-order valence-corrected chi connectivity index (χ4v) is 3.22. The Hall–Kier alpha value is -4.39. The molecule has 0 radical (unpaired) electrons. The number of rotatable bonds is 5. The molecule has 0 aliphatic heterocycles. The van der Waals surface area contributed by atoms with Crippen molar-refractivity contribution in [3.8, 4) is 11.3 Å². The zero-order valence-electron chi connectivity index (χ0n) is 16.6. The van der Waals surface area contributed by atoms with Crippen LogP contribution in [0.1, 0.15) is 21.5 Å².